The third kappa shape index (κ3) is 3.80. The summed E-state index contributed by atoms with van der Waals surface area (Å²) in [7, 11) is -3.41. The zero-order chi connectivity index (χ0) is 15.5. The van der Waals surface area contributed by atoms with Gasteiger partial charge in [-0.1, -0.05) is 19.4 Å². The predicted molar refractivity (Wildman–Crippen MR) is 78.4 cm³/mol. The number of aliphatic imine (C=N–C) groups is 1. The van der Waals surface area contributed by atoms with Gasteiger partial charge in [0.25, 0.3) is 5.91 Å². The molecule has 0 aromatic heterocycles. The van der Waals surface area contributed by atoms with E-state index in [1.54, 1.807) is 13.0 Å². The summed E-state index contributed by atoms with van der Waals surface area (Å²) in [6.45, 7) is 3.67. The van der Waals surface area contributed by atoms with Gasteiger partial charge in [-0.2, -0.15) is 4.99 Å². The molecule has 0 aliphatic heterocycles. The number of carbonyl (C=O) groups excluding carboxylic acids is 1. The lowest BCUT2D eigenvalue weighted by Gasteiger charge is -2.11. The largest absolute Gasteiger partial charge is 0.370 e. The average Bonchev–Trinajstić information content (AvgIpc) is 2.26. The smallest absolute Gasteiger partial charge is 0.280 e. The van der Waals surface area contributed by atoms with Crippen LogP contribution in [0.4, 0.5) is 0 Å². The lowest BCUT2D eigenvalue weighted by Crippen LogP contribution is -2.24. The number of hydrogen-bond acceptors (Lipinski definition) is 3. The summed E-state index contributed by atoms with van der Waals surface area (Å²) in [5.74, 6) is -0.975. The summed E-state index contributed by atoms with van der Waals surface area (Å²) in [5.41, 5.74) is 12.0. The van der Waals surface area contributed by atoms with E-state index < -0.39 is 15.7 Å². The van der Waals surface area contributed by atoms with Crippen LogP contribution < -0.4 is 11.5 Å². The summed E-state index contributed by atoms with van der Waals surface area (Å²) in [5, 5.41) is 0. The lowest BCUT2D eigenvalue weighted by molar-refractivity contribution is 0.100. The minimum Gasteiger partial charge on any atom is -0.370 e. The molecule has 0 radical (unpaired) electrons. The molecule has 7 heteroatoms. The van der Waals surface area contributed by atoms with Crippen molar-refractivity contribution in [3.8, 4) is 0 Å². The Morgan fingerprint density at radius 2 is 1.90 bits per heavy atom. The Morgan fingerprint density at radius 1 is 1.30 bits per heavy atom. The third-order valence-electron chi connectivity index (χ3n) is 2.78. The molecule has 0 atom stereocenters. The molecule has 0 heterocycles. The Kier molecular flexibility index (Phi) is 4.88. The van der Waals surface area contributed by atoms with E-state index in [2.05, 4.69) is 4.99 Å². The molecule has 0 saturated heterocycles. The number of nitrogens with two attached hydrogens (primary N) is 2. The fourth-order valence-corrected chi connectivity index (χ4v) is 2.98. The van der Waals surface area contributed by atoms with Crippen molar-refractivity contribution >= 4 is 21.7 Å². The number of rotatable bonds is 4. The van der Waals surface area contributed by atoms with E-state index in [1.807, 2.05) is 6.92 Å². The van der Waals surface area contributed by atoms with Gasteiger partial charge in [-0.15, -0.1) is 0 Å². The zero-order valence-corrected chi connectivity index (χ0v) is 12.6. The number of amides is 1. The van der Waals surface area contributed by atoms with Crippen LogP contribution in [0, 0.1) is 6.92 Å². The van der Waals surface area contributed by atoms with Crippen LogP contribution in [0.3, 0.4) is 0 Å². The Morgan fingerprint density at radius 3 is 2.35 bits per heavy atom. The van der Waals surface area contributed by atoms with Gasteiger partial charge in [0.2, 0.25) is 0 Å². The summed E-state index contributed by atoms with van der Waals surface area (Å²) < 4.78 is 23.4. The highest BCUT2D eigenvalue weighted by Gasteiger charge is 2.18. The molecule has 0 fully saturated rings. The van der Waals surface area contributed by atoms with Gasteiger partial charge in [0.05, 0.1) is 4.90 Å². The van der Waals surface area contributed by atoms with Crippen molar-refractivity contribution in [2.24, 2.45) is 16.5 Å². The first kappa shape index (κ1) is 16.2. The van der Waals surface area contributed by atoms with Crippen LogP contribution in [-0.4, -0.2) is 26.5 Å². The standard InChI is InChI=1S/C13H19N3O3S/c1-4-5-9-6-8(2)11(20(3,18)19)7-10(9)12(17)16-13(14)15/h6-7H,4-5H2,1-3H3,(H4,14,15,16,17). The topological polar surface area (TPSA) is 116 Å². The molecule has 0 spiro atoms. The van der Waals surface area contributed by atoms with Crippen molar-refractivity contribution < 1.29 is 13.2 Å². The van der Waals surface area contributed by atoms with Gasteiger partial charge in [0.15, 0.2) is 15.8 Å². The second kappa shape index (κ2) is 6.04. The molecular weight excluding hydrogens is 278 g/mol. The van der Waals surface area contributed by atoms with Crippen molar-refractivity contribution in [2.45, 2.75) is 31.6 Å². The van der Waals surface area contributed by atoms with Crippen LogP contribution >= 0.6 is 0 Å². The highest BCUT2D eigenvalue weighted by atomic mass is 32.2. The van der Waals surface area contributed by atoms with E-state index in [0.29, 0.717) is 12.0 Å². The number of sulfone groups is 1. The first-order valence-electron chi connectivity index (χ1n) is 6.14. The van der Waals surface area contributed by atoms with Gasteiger partial charge in [0, 0.05) is 11.8 Å². The first-order chi connectivity index (χ1) is 9.16. The number of benzene rings is 1. The zero-order valence-electron chi connectivity index (χ0n) is 11.8. The van der Waals surface area contributed by atoms with Crippen molar-refractivity contribution in [3.05, 3.63) is 28.8 Å². The Balaban J connectivity index is 3.54. The maximum atomic E-state index is 12.0. The molecule has 0 unspecified atom stereocenters. The normalized spacial score (nSPS) is 11.2. The summed E-state index contributed by atoms with van der Waals surface area (Å²) >= 11 is 0. The molecule has 0 bridgehead atoms. The SMILES string of the molecule is CCCc1cc(C)c(S(C)(=O)=O)cc1C(=O)N=C(N)N. The van der Waals surface area contributed by atoms with E-state index in [0.717, 1.165) is 18.2 Å². The molecule has 0 saturated carbocycles. The number of nitrogens with zero attached hydrogens (tertiary/aromatic N) is 1. The molecule has 1 aromatic rings. The van der Waals surface area contributed by atoms with Gasteiger partial charge in [0.1, 0.15) is 0 Å². The number of aryl methyl sites for hydroxylation is 2. The van der Waals surface area contributed by atoms with Crippen LogP contribution in [0.25, 0.3) is 0 Å². The van der Waals surface area contributed by atoms with Crippen LogP contribution in [0.2, 0.25) is 0 Å². The Hall–Kier alpha value is -1.89. The average molecular weight is 297 g/mol. The highest BCUT2D eigenvalue weighted by Crippen LogP contribution is 2.23. The van der Waals surface area contributed by atoms with Crippen LogP contribution in [0.5, 0.6) is 0 Å². The summed E-state index contributed by atoms with van der Waals surface area (Å²) in [6, 6.07) is 3.06. The molecule has 20 heavy (non-hydrogen) atoms. The fourth-order valence-electron chi connectivity index (χ4n) is 2.00. The predicted octanol–water partition coefficient (Wildman–Crippen LogP) is 0.765. The molecule has 4 N–H and O–H groups in total. The number of guanidine groups is 1. The molecular formula is C13H19N3O3S. The highest BCUT2D eigenvalue weighted by molar-refractivity contribution is 7.90. The van der Waals surface area contributed by atoms with Crippen molar-refractivity contribution in [1.82, 2.24) is 0 Å². The van der Waals surface area contributed by atoms with E-state index in [9.17, 15) is 13.2 Å². The van der Waals surface area contributed by atoms with Crippen LogP contribution in [0.1, 0.15) is 34.8 Å². The van der Waals surface area contributed by atoms with Crippen molar-refractivity contribution in [1.29, 1.82) is 0 Å². The van der Waals surface area contributed by atoms with E-state index in [-0.39, 0.29) is 16.4 Å². The number of carbonyl (C=O) groups is 1. The molecule has 0 aliphatic rings. The molecule has 1 aromatic carbocycles. The molecule has 6 nitrogen and oxygen atoms in total. The lowest BCUT2D eigenvalue weighted by atomic mass is 10.00. The van der Waals surface area contributed by atoms with Gasteiger partial charge >= 0.3 is 0 Å². The van der Waals surface area contributed by atoms with Crippen LogP contribution in [-0.2, 0) is 16.3 Å². The van der Waals surface area contributed by atoms with Crippen molar-refractivity contribution in [2.75, 3.05) is 6.26 Å². The molecule has 110 valence electrons. The van der Waals surface area contributed by atoms with Gasteiger partial charge in [-0.25, -0.2) is 8.42 Å². The third-order valence-corrected chi connectivity index (χ3v) is 4.02. The summed E-state index contributed by atoms with van der Waals surface area (Å²) in [4.78, 5) is 15.6. The Bertz CT molecular complexity index is 660. The second-order valence-corrected chi connectivity index (χ2v) is 6.62. The minimum absolute atomic E-state index is 0.117. The second-order valence-electron chi connectivity index (χ2n) is 4.64. The van der Waals surface area contributed by atoms with E-state index in [1.165, 1.54) is 6.07 Å². The van der Waals surface area contributed by atoms with Gasteiger partial charge in [-0.3, -0.25) is 4.79 Å². The summed E-state index contributed by atoms with van der Waals surface area (Å²) in [6.07, 6.45) is 2.56. The van der Waals surface area contributed by atoms with E-state index in [4.69, 9.17) is 11.5 Å². The maximum Gasteiger partial charge on any atom is 0.280 e. The monoisotopic (exact) mass is 297 g/mol. The van der Waals surface area contributed by atoms with Gasteiger partial charge in [-0.05, 0) is 30.5 Å². The molecule has 1 rings (SSSR count). The molecule has 1 amide bonds. The first-order valence-corrected chi connectivity index (χ1v) is 8.03. The maximum absolute atomic E-state index is 12.0. The molecule has 0 aliphatic carbocycles. The van der Waals surface area contributed by atoms with Crippen LogP contribution in [0.15, 0.2) is 22.0 Å². The quantitative estimate of drug-likeness (QED) is 0.629. The fraction of sp³-hybridized carbons (Fsp3) is 0.385. The minimum atomic E-state index is -3.41. The van der Waals surface area contributed by atoms with E-state index >= 15 is 0 Å². The van der Waals surface area contributed by atoms with Crippen molar-refractivity contribution in [3.63, 3.8) is 0 Å². The van der Waals surface area contributed by atoms with Gasteiger partial charge < -0.3 is 11.5 Å². The Labute approximate surface area is 118 Å². The number of hydrogen-bond donors (Lipinski definition) is 2.